The molecule has 0 radical (unpaired) electrons. The fourth-order valence-electron chi connectivity index (χ4n) is 3.27. The van der Waals surface area contributed by atoms with Crippen LogP contribution in [-0.2, 0) is 13.1 Å². The summed E-state index contributed by atoms with van der Waals surface area (Å²) in [7, 11) is 0. The van der Waals surface area contributed by atoms with E-state index in [0.29, 0.717) is 34.8 Å². The normalized spacial score (nSPS) is 15.5. The van der Waals surface area contributed by atoms with Gasteiger partial charge in [0, 0.05) is 12.7 Å². The Balaban J connectivity index is 1.77. The molecule has 2 heterocycles. The Bertz CT molecular complexity index is 1060. The van der Waals surface area contributed by atoms with E-state index >= 15 is 0 Å². The Morgan fingerprint density at radius 3 is 2.81 bits per heavy atom. The van der Waals surface area contributed by atoms with Gasteiger partial charge in [0.05, 0.1) is 22.5 Å². The van der Waals surface area contributed by atoms with Gasteiger partial charge in [-0.3, -0.25) is 9.59 Å². The van der Waals surface area contributed by atoms with Crippen molar-refractivity contribution in [1.29, 1.82) is 0 Å². The number of halogens is 1. The summed E-state index contributed by atoms with van der Waals surface area (Å²) >= 11 is 6.27. The first-order valence-electron chi connectivity index (χ1n) is 8.39. The first-order chi connectivity index (χ1) is 12.5. The average Bonchev–Trinajstić information content (AvgIpc) is 2.64. The Morgan fingerprint density at radius 1 is 1.27 bits per heavy atom. The number of amides is 1. The van der Waals surface area contributed by atoms with Gasteiger partial charge in [-0.25, -0.2) is 0 Å². The quantitative estimate of drug-likeness (QED) is 0.771. The van der Waals surface area contributed by atoms with E-state index in [4.69, 9.17) is 16.3 Å². The molecule has 0 aliphatic carbocycles. The van der Waals surface area contributed by atoms with Crippen LogP contribution in [0.3, 0.4) is 0 Å². The van der Waals surface area contributed by atoms with Crippen molar-refractivity contribution in [1.82, 2.24) is 9.88 Å². The van der Waals surface area contributed by atoms with Crippen molar-refractivity contribution in [2.75, 3.05) is 0 Å². The fraction of sp³-hybridized carbons (Fsp3) is 0.200. The first-order valence-corrected chi connectivity index (χ1v) is 8.77. The van der Waals surface area contributed by atoms with Crippen molar-refractivity contribution in [2.45, 2.75) is 26.1 Å². The highest BCUT2D eigenvalue weighted by atomic mass is 35.5. The Labute approximate surface area is 155 Å². The lowest BCUT2D eigenvalue weighted by Gasteiger charge is -2.26. The van der Waals surface area contributed by atoms with Gasteiger partial charge >= 0.3 is 0 Å². The number of carbonyl (C=O) groups is 1. The highest BCUT2D eigenvalue weighted by molar-refractivity contribution is 6.35. The van der Waals surface area contributed by atoms with Gasteiger partial charge in [0.2, 0.25) is 5.43 Å². The lowest BCUT2D eigenvalue weighted by atomic mass is 10.1. The summed E-state index contributed by atoms with van der Waals surface area (Å²) in [6.45, 7) is 2.84. The first kappa shape index (κ1) is 16.7. The highest BCUT2D eigenvalue weighted by Gasteiger charge is 2.24. The summed E-state index contributed by atoms with van der Waals surface area (Å²) < 4.78 is 7.68. The molecule has 0 saturated carbocycles. The third kappa shape index (κ3) is 2.84. The minimum Gasteiger partial charge on any atom is -0.487 e. The second-order valence-corrected chi connectivity index (χ2v) is 6.80. The number of pyridine rings is 1. The molecule has 132 valence electrons. The van der Waals surface area contributed by atoms with E-state index in [1.807, 2.05) is 41.8 Å². The van der Waals surface area contributed by atoms with E-state index < -0.39 is 5.91 Å². The molecule has 5 nitrogen and oxygen atoms in total. The van der Waals surface area contributed by atoms with Crippen molar-refractivity contribution < 1.29 is 9.53 Å². The molecule has 3 aromatic rings. The predicted molar refractivity (Wildman–Crippen MR) is 101 cm³/mol. The standard InChI is InChI=1S/C20H17ClN2O3/c1-12-10-23-11-14(20(25)22-9-13-5-3-2-4-6-13)19(24)17-15(21)7-8-16(26-12)18(17)23/h2-8,11-12H,9-10H2,1H3,(H,22,25)/t12-/m0/s1. The summed E-state index contributed by atoms with van der Waals surface area (Å²) in [6, 6.07) is 12.9. The summed E-state index contributed by atoms with van der Waals surface area (Å²) in [5.74, 6) is 0.196. The average molecular weight is 369 g/mol. The number of carbonyl (C=O) groups excluding carboxylic acids is 1. The van der Waals surface area contributed by atoms with Gasteiger partial charge in [-0.05, 0) is 24.6 Å². The van der Waals surface area contributed by atoms with Crippen LogP contribution in [0.1, 0.15) is 22.8 Å². The van der Waals surface area contributed by atoms with E-state index in [1.54, 1.807) is 18.3 Å². The van der Waals surface area contributed by atoms with Crippen molar-refractivity contribution in [2.24, 2.45) is 0 Å². The van der Waals surface area contributed by atoms with Crippen molar-refractivity contribution in [3.05, 3.63) is 75.0 Å². The van der Waals surface area contributed by atoms with Crippen LogP contribution in [0.5, 0.6) is 5.75 Å². The largest absolute Gasteiger partial charge is 0.487 e. The van der Waals surface area contributed by atoms with Crippen LogP contribution in [0.25, 0.3) is 10.9 Å². The van der Waals surface area contributed by atoms with E-state index in [9.17, 15) is 9.59 Å². The zero-order valence-electron chi connectivity index (χ0n) is 14.2. The van der Waals surface area contributed by atoms with Crippen LogP contribution in [0.4, 0.5) is 0 Å². The van der Waals surface area contributed by atoms with E-state index in [2.05, 4.69) is 5.32 Å². The monoisotopic (exact) mass is 368 g/mol. The summed E-state index contributed by atoms with van der Waals surface area (Å²) in [5, 5.41) is 3.45. The van der Waals surface area contributed by atoms with Gasteiger partial charge in [0.25, 0.3) is 5.91 Å². The fourth-order valence-corrected chi connectivity index (χ4v) is 3.51. The molecular formula is C20H17ClN2O3. The minimum atomic E-state index is -0.412. The summed E-state index contributed by atoms with van der Waals surface area (Å²) in [5.41, 5.74) is 1.30. The topological polar surface area (TPSA) is 60.3 Å². The maximum absolute atomic E-state index is 12.9. The molecule has 6 heteroatoms. The lowest BCUT2D eigenvalue weighted by Crippen LogP contribution is -2.32. The highest BCUT2D eigenvalue weighted by Crippen LogP contribution is 2.33. The van der Waals surface area contributed by atoms with Gasteiger partial charge in [0.1, 0.15) is 17.4 Å². The predicted octanol–water partition coefficient (Wildman–Crippen LogP) is 3.37. The molecule has 1 aliphatic rings. The maximum Gasteiger partial charge on any atom is 0.257 e. The number of hydrogen-bond donors (Lipinski definition) is 1. The van der Waals surface area contributed by atoms with E-state index in [-0.39, 0.29) is 17.1 Å². The van der Waals surface area contributed by atoms with Crippen molar-refractivity contribution in [3.63, 3.8) is 0 Å². The number of benzene rings is 2. The van der Waals surface area contributed by atoms with Gasteiger partial charge in [-0.2, -0.15) is 0 Å². The molecule has 0 unspecified atom stereocenters. The molecule has 2 aromatic carbocycles. The van der Waals surface area contributed by atoms with Gasteiger partial charge in [0.15, 0.2) is 0 Å². The molecule has 0 bridgehead atoms. The number of aromatic nitrogens is 1. The van der Waals surface area contributed by atoms with Crippen LogP contribution in [0, 0.1) is 0 Å². The van der Waals surface area contributed by atoms with Crippen LogP contribution >= 0.6 is 11.6 Å². The molecule has 1 N–H and O–H groups in total. The van der Waals surface area contributed by atoms with Crippen LogP contribution in [0.2, 0.25) is 5.02 Å². The molecule has 0 fully saturated rings. The second kappa shape index (κ2) is 6.50. The van der Waals surface area contributed by atoms with Gasteiger partial charge in [-0.1, -0.05) is 41.9 Å². The molecule has 26 heavy (non-hydrogen) atoms. The Hall–Kier alpha value is -2.79. The molecule has 1 aliphatic heterocycles. The Kier molecular flexibility index (Phi) is 4.17. The smallest absolute Gasteiger partial charge is 0.257 e. The molecular weight excluding hydrogens is 352 g/mol. The molecule has 0 saturated heterocycles. The van der Waals surface area contributed by atoms with Crippen LogP contribution in [-0.4, -0.2) is 16.6 Å². The summed E-state index contributed by atoms with van der Waals surface area (Å²) in [4.78, 5) is 25.6. The third-order valence-corrected chi connectivity index (χ3v) is 4.77. The number of ether oxygens (including phenoxy) is 1. The molecule has 0 spiro atoms. The molecule has 1 amide bonds. The second-order valence-electron chi connectivity index (χ2n) is 6.39. The minimum absolute atomic E-state index is 0.0605. The van der Waals surface area contributed by atoms with Crippen molar-refractivity contribution in [3.8, 4) is 5.75 Å². The van der Waals surface area contributed by atoms with Crippen LogP contribution < -0.4 is 15.5 Å². The van der Waals surface area contributed by atoms with Gasteiger partial charge < -0.3 is 14.6 Å². The van der Waals surface area contributed by atoms with Crippen molar-refractivity contribution >= 4 is 28.4 Å². The number of nitrogens with one attached hydrogen (secondary N) is 1. The number of nitrogens with zero attached hydrogens (tertiary/aromatic N) is 1. The maximum atomic E-state index is 12.9. The van der Waals surface area contributed by atoms with Gasteiger partial charge in [-0.15, -0.1) is 0 Å². The zero-order valence-corrected chi connectivity index (χ0v) is 14.9. The zero-order chi connectivity index (χ0) is 18.3. The van der Waals surface area contributed by atoms with Crippen LogP contribution in [0.15, 0.2) is 53.5 Å². The molecule has 4 rings (SSSR count). The summed E-state index contributed by atoms with van der Waals surface area (Å²) in [6.07, 6.45) is 1.54. The molecule has 1 atom stereocenters. The SMILES string of the molecule is C[C@H]1Cn2cc(C(=O)NCc3ccccc3)c(=O)c3c(Cl)ccc(c32)O1. The van der Waals surface area contributed by atoms with E-state index in [1.165, 1.54) is 0 Å². The Morgan fingerprint density at radius 2 is 2.04 bits per heavy atom. The number of rotatable bonds is 3. The van der Waals surface area contributed by atoms with E-state index in [0.717, 1.165) is 5.56 Å². The third-order valence-electron chi connectivity index (χ3n) is 4.46. The molecule has 1 aromatic heterocycles. The number of hydrogen-bond acceptors (Lipinski definition) is 3. The lowest BCUT2D eigenvalue weighted by molar-refractivity contribution is 0.0948.